The van der Waals surface area contributed by atoms with Crippen molar-refractivity contribution in [3.63, 3.8) is 0 Å². The maximum absolute atomic E-state index is 13.9. The Balaban J connectivity index is 0.00000338. The van der Waals surface area contributed by atoms with Crippen LogP contribution in [0.1, 0.15) is 6.92 Å². The first kappa shape index (κ1) is 22.9. The van der Waals surface area contributed by atoms with Crippen LogP contribution in [0.15, 0.2) is 29.3 Å². The number of rotatable bonds is 8. The van der Waals surface area contributed by atoms with Crippen LogP contribution < -0.4 is 10.2 Å². The summed E-state index contributed by atoms with van der Waals surface area (Å²) < 4.78 is 24.3. The van der Waals surface area contributed by atoms with Gasteiger partial charge in [-0.3, -0.25) is 4.99 Å². The van der Waals surface area contributed by atoms with Crippen LogP contribution in [0.4, 0.5) is 10.1 Å². The van der Waals surface area contributed by atoms with Crippen LogP contribution in [-0.2, 0) is 9.47 Å². The van der Waals surface area contributed by atoms with Crippen molar-refractivity contribution in [2.24, 2.45) is 4.99 Å². The number of nitrogens with one attached hydrogen (secondary N) is 1. The maximum Gasteiger partial charge on any atom is 0.194 e. The lowest BCUT2D eigenvalue weighted by Crippen LogP contribution is -2.52. The predicted molar refractivity (Wildman–Crippen MR) is 114 cm³/mol. The Bertz CT molecular complexity index is 540. The SMILES string of the molecule is CCNC(=NCCOCCOC)N1CCN(c2ccccc2F)CC1.I. The number of anilines is 1. The summed E-state index contributed by atoms with van der Waals surface area (Å²) in [6.45, 7) is 8.41. The van der Waals surface area contributed by atoms with Gasteiger partial charge in [0.2, 0.25) is 0 Å². The van der Waals surface area contributed by atoms with E-state index in [0.717, 1.165) is 38.7 Å². The second-order valence-electron chi connectivity index (χ2n) is 5.77. The van der Waals surface area contributed by atoms with Gasteiger partial charge in [-0.1, -0.05) is 12.1 Å². The Morgan fingerprint density at radius 3 is 2.54 bits per heavy atom. The van der Waals surface area contributed by atoms with Gasteiger partial charge in [0.1, 0.15) is 5.82 Å². The minimum Gasteiger partial charge on any atom is -0.382 e. The summed E-state index contributed by atoms with van der Waals surface area (Å²) in [7, 11) is 1.66. The zero-order valence-electron chi connectivity index (χ0n) is 15.6. The molecule has 1 aliphatic heterocycles. The fourth-order valence-electron chi connectivity index (χ4n) is 2.75. The highest BCUT2D eigenvalue weighted by atomic mass is 127. The molecule has 8 heteroatoms. The number of halogens is 2. The lowest BCUT2D eigenvalue weighted by atomic mass is 10.2. The standard InChI is InChI=1S/C18H29FN4O2.HI/c1-3-20-18(21-8-13-25-15-14-24-2)23-11-9-22(10-12-23)17-7-5-4-6-16(17)19;/h4-7H,3,8-15H2,1-2H3,(H,20,21);1H. The van der Waals surface area contributed by atoms with Gasteiger partial charge in [0.05, 0.1) is 32.1 Å². The number of piperazine rings is 1. The van der Waals surface area contributed by atoms with Crippen molar-refractivity contribution in [1.82, 2.24) is 10.2 Å². The highest BCUT2D eigenvalue weighted by molar-refractivity contribution is 14.0. The lowest BCUT2D eigenvalue weighted by molar-refractivity contribution is 0.0747. The third-order valence-electron chi connectivity index (χ3n) is 4.04. The Labute approximate surface area is 172 Å². The van der Waals surface area contributed by atoms with Gasteiger partial charge < -0.3 is 24.6 Å². The molecule has 0 saturated carbocycles. The van der Waals surface area contributed by atoms with Crippen molar-refractivity contribution >= 4 is 35.6 Å². The summed E-state index contributed by atoms with van der Waals surface area (Å²) in [5.41, 5.74) is 0.677. The molecule has 0 atom stereocenters. The summed E-state index contributed by atoms with van der Waals surface area (Å²) >= 11 is 0. The Kier molecular flexibility index (Phi) is 11.5. The Morgan fingerprint density at radius 2 is 1.88 bits per heavy atom. The number of nitrogens with zero attached hydrogens (tertiary/aromatic N) is 3. The monoisotopic (exact) mass is 480 g/mol. The van der Waals surface area contributed by atoms with Crippen LogP contribution in [0.2, 0.25) is 0 Å². The highest BCUT2D eigenvalue weighted by Gasteiger charge is 2.21. The van der Waals surface area contributed by atoms with E-state index in [-0.39, 0.29) is 29.8 Å². The van der Waals surface area contributed by atoms with Gasteiger partial charge in [-0.15, -0.1) is 24.0 Å². The van der Waals surface area contributed by atoms with Crippen LogP contribution in [-0.4, -0.2) is 77.1 Å². The molecule has 1 saturated heterocycles. The molecule has 0 aromatic heterocycles. The van der Waals surface area contributed by atoms with E-state index in [0.29, 0.717) is 32.1 Å². The molecule has 2 rings (SSSR count). The third kappa shape index (κ3) is 7.24. The number of hydrogen-bond acceptors (Lipinski definition) is 4. The van der Waals surface area contributed by atoms with Crippen LogP contribution in [0.5, 0.6) is 0 Å². The topological polar surface area (TPSA) is 49.3 Å². The molecule has 1 aromatic carbocycles. The van der Waals surface area contributed by atoms with E-state index >= 15 is 0 Å². The zero-order valence-corrected chi connectivity index (χ0v) is 17.9. The number of benzene rings is 1. The molecule has 6 nitrogen and oxygen atoms in total. The molecular formula is C18H30FIN4O2. The van der Waals surface area contributed by atoms with Gasteiger partial charge in [0.15, 0.2) is 5.96 Å². The minimum atomic E-state index is -0.162. The molecule has 0 amide bonds. The Morgan fingerprint density at radius 1 is 1.15 bits per heavy atom. The van der Waals surface area contributed by atoms with Gasteiger partial charge in [-0.25, -0.2) is 4.39 Å². The fraction of sp³-hybridized carbons (Fsp3) is 0.611. The normalized spacial score (nSPS) is 15.0. The largest absolute Gasteiger partial charge is 0.382 e. The molecule has 1 aliphatic rings. The van der Waals surface area contributed by atoms with Gasteiger partial charge in [-0.2, -0.15) is 0 Å². The molecule has 1 N–H and O–H groups in total. The number of guanidine groups is 1. The van der Waals surface area contributed by atoms with E-state index in [4.69, 9.17) is 9.47 Å². The van der Waals surface area contributed by atoms with E-state index in [1.165, 1.54) is 6.07 Å². The number of hydrogen-bond donors (Lipinski definition) is 1. The molecule has 1 heterocycles. The molecular weight excluding hydrogens is 450 g/mol. The second kappa shape index (κ2) is 13.1. The molecule has 0 bridgehead atoms. The van der Waals surface area contributed by atoms with Crippen LogP contribution in [0.3, 0.4) is 0 Å². The van der Waals surface area contributed by atoms with Crippen molar-refractivity contribution in [2.75, 3.05) is 71.1 Å². The first-order chi connectivity index (χ1) is 12.3. The quantitative estimate of drug-likeness (QED) is 0.268. The van der Waals surface area contributed by atoms with Crippen LogP contribution in [0, 0.1) is 5.82 Å². The van der Waals surface area contributed by atoms with Gasteiger partial charge >= 0.3 is 0 Å². The van der Waals surface area contributed by atoms with E-state index in [2.05, 4.69) is 27.0 Å². The second-order valence-corrected chi connectivity index (χ2v) is 5.77. The van der Waals surface area contributed by atoms with Crippen molar-refractivity contribution in [3.05, 3.63) is 30.1 Å². The third-order valence-corrected chi connectivity index (χ3v) is 4.04. The van der Waals surface area contributed by atoms with Crippen molar-refractivity contribution in [2.45, 2.75) is 6.92 Å². The molecule has 0 radical (unpaired) electrons. The summed E-state index contributed by atoms with van der Waals surface area (Å²) in [5, 5.41) is 3.32. The zero-order chi connectivity index (χ0) is 17.9. The maximum atomic E-state index is 13.9. The molecule has 0 aliphatic carbocycles. The van der Waals surface area contributed by atoms with Crippen LogP contribution >= 0.6 is 24.0 Å². The summed E-state index contributed by atoms with van der Waals surface area (Å²) in [4.78, 5) is 8.93. The molecule has 0 spiro atoms. The molecule has 0 unspecified atom stereocenters. The average Bonchev–Trinajstić information content (AvgIpc) is 2.64. The van der Waals surface area contributed by atoms with Crippen molar-refractivity contribution < 1.29 is 13.9 Å². The molecule has 26 heavy (non-hydrogen) atoms. The number of para-hydroxylation sites is 1. The van der Waals surface area contributed by atoms with Crippen molar-refractivity contribution in [3.8, 4) is 0 Å². The van der Waals surface area contributed by atoms with Gasteiger partial charge in [0, 0.05) is 39.8 Å². The number of ether oxygens (including phenoxy) is 2. The van der Waals surface area contributed by atoms with Gasteiger partial charge in [0.25, 0.3) is 0 Å². The average molecular weight is 480 g/mol. The Hall–Kier alpha value is -1.13. The first-order valence-electron chi connectivity index (χ1n) is 8.85. The minimum absolute atomic E-state index is 0. The predicted octanol–water partition coefficient (Wildman–Crippen LogP) is 2.19. The van der Waals surface area contributed by atoms with E-state index in [9.17, 15) is 4.39 Å². The highest BCUT2D eigenvalue weighted by Crippen LogP contribution is 2.20. The van der Waals surface area contributed by atoms with Gasteiger partial charge in [-0.05, 0) is 19.1 Å². The van der Waals surface area contributed by atoms with E-state index in [1.807, 2.05) is 12.1 Å². The van der Waals surface area contributed by atoms with Crippen molar-refractivity contribution in [1.29, 1.82) is 0 Å². The number of methoxy groups -OCH3 is 1. The molecule has 148 valence electrons. The summed E-state index contributed by atoms with van der Waals surface area (Å²) in [5.74, 6) is 0.732. The lowest BCUT2D eigenvalue weighted by Gasteiger charge is -2.37. The van der Waals surface area contributed by atoms with E-state index in [1.54, 1.807) is 13.2 Å². The molecule has 1 fully saturated rings. The summed E-state index contributed by atoms with van der Waals surface area (Å²) in [6, 6.07) is 6.94. The fourth-order valence-corrected chi connectivity index (χ4v) is 2.75. The van der Waals surface area contributed by atoms with Crippen LogP contribution in [0.25, 0.3) is 0 Å². The molecule has 1 aromatic rings. The van der Waals surface area contributed by atoms with E-state index < -0.39 is 0 Å². The smallest absolute Gasteiger partial charge is 0.194 e. The number of aliphatic imine (C=N–C) groups is 1. The first-order valence-corrected chi connectivity index (χ1v) is 8.85. The summed E-state index contributed by atoms with van der Waals surface area (Å²) in [6.07, 6.45) is 0.